The number of fused-ring (bicyclic) bond motifs is 1. The molecule has 2 aromatic heterocycles. The first-order chi connectivity index (χ1) is 13.5. The number of nitrogens with zero attached hydrogens (tertiary/aromatic N) is 4. The Morgan fingerprint density at radius 2 is 1.96 bits per heavy atom. The van der Waals surface area contributed by atoms with Gasteiger partial charge in [0, 0.05) is 49.0 Å². The van der Waals surface area contributed by atoms with Gasteiger partial charge in [-0.05, 0) is 19.1 Å². The molecule has 3 aromatic rings. The van der Waals surface area contributed by atoms with E-state index >= 15 is 0 Å². The monoisotopic (exact) mass is 402 g/mol. The van der Waals surface area contributed by atoms with Gasteiger partial charge in [0.05, 0.1) is 12.8 Å². The summed E-state index contributed by atoms with van der Waals surface area (Å²) in [5.74, 6) is 0.592. The molecule has 0 N–H and O–H groups in total. The van der Waals surface area contributed by atoms with E-state index in [0.717, 1.165) is 28.0 Å². The second-order valence-electron chi connectivity index (χ2n) is 6.77. The van der Waals surface area contributed by atoms with Gasteiger partial charge in [-0.1, -0.05) is 17.3 Å². The van der Waals surface area contributed by atoms with Gasteiger partial charge in [-0.3, -0.25) is 0 Å². The van der Waals surface area contributed by atoms with Crippen molar-refractivity contribution in [3.05, 3.63) is 48.0 Å². The van der Waals surface area contributed by atoms with Crippen molar-refractivity contribution in [1.82, 2.24) is 14.4 Å². The zero-order valence-electron chi connectivity index (χ0n) is 15.8. The first kappa shape index (κ1) is 18.7. The van der Waals surface area contributed by atoms with Crippen LogP contribution in [0.15, 0.2) is 41.1 Å². The molecule has 0 radical (unpaired) electrons. The van der Waals surface area contributed by atoms with E-state index in [1.165, 1.54) is 10.6 Å². The third kappa shape index (κ3) is 3.55. The van der Waals surface area contributed by atoms with Crippen LogP contribution in [-0.2, 0) is 15.8 Å². The van der Waals surface area contributed by atoms with Gasteiger partial charge in [-0.25, -0.2) is 13.4 Å². The van der Waals surface area contributed by atoms with Crippen LogP contribution < -0.4 is 9.64 Å². The molecule has 0 spiro atoms. The molecule has 0 amide bonds. The van der Waals surface area contributed by atoms with Crippen LogP contribution in [0.25, 0.3) is 10.9 Å². The summed E-state index contributed by atoms with van der Waals surface area (Å²) < 4.78 is 37.0. The highest BCUT2D eigenvalue weighted by atomic mass is 32.2. The second kappa shape index (κ2) is 7.40. The van der Waals surface area contributed by atoms with Gasteiger partial charge in [-0.15, -0.1) is 0 Å². The summed E-state index contributed by atoms with van der Waals surface area (Å²) in [7, 11) is -1.79. The minimum absolute atomic E-state index is 0.141. The van der Waals surface area contributed by atoms with Crippen molar-refractivity contribution < 1.29 is 17.7 Å². The summed E-state index contributed by atoms with van der Waals surface area (Å²) in [4.78, 5) is 6.83. The predicted octanol–water partition coefficient (Wildman–Crippen LogP) is 2.19. The van der Waals surface area contributed by atoms with E-state index in [-0.39, 0.29) is 5.75 Å². The van der Waals surface area contributed by atoms with E-state index in [1.54, 1.807) is 13.2 Å². The molecular weight excluding hydrogens is 380 g/mol. The summed E-state index contributed by atoms with van der Waals surface area (Å²) in [5, 5.41) is 4.71. The number of ether oxygens (including phenoxy) is 1. The number of para-hydroxylation sites is 1. The van der Waals surface area contributed by atoms with Crippen molar-refractivity contribution in [3.63, 3.8) is 0 Å². The number of benzene rings is 1. The molecule has 1 saturated heterocycles. The maximum absolute atomic E-state index is 12.6. The van der Waals surface area contributed by atoms with Crippen molar-refractivity contribution in [2.75, 3.05) is 38.2 Å². The SMILES string of the molecule is COc1cccc2c(N3CCN(S(=O)(=O)Cc4ccon4)CC3)cc(C)nc12. The quantitative estimate of drug-likeness (QED) is 0.646. The Bertz CT molecular complexity index is 1070. The standard InChI is InChI=1S/C19H22N4O4S/c1-14-12-17(16-4-3-5-18(26-2)19(16)20-14)22-7-9-23(10-8-22)28(24,25)13-15-6-11-27-21-15/h3-6,11-12H,7-10,13H2,1-2H3. The van der Waals surface area contributed by atoms with Gasteiger partial charge in [0.1, 0.15) is 23.3 Å². The van der Waals surface area contributed by atoms with Crippen molar-refractivity contribution in [2.45, 2.75) is 12.7 Å². The van der Waals surface area contributed by atoms with Crippen LogP contribution in [0.1, 0.15) is 11.4 Å². The average Bonchev–Trinajstić information content (AvgIpc) is 3.19. The van der Waals surface area contributed by atoms with E-state index in [0.29, 0.717) is 31.9 Å². The van der Waals surface area contributed by atoms with Crippen LogP contribution >= 0.6 is 0 Å². The molecule has 28 heavy (non-hydrogen) atoms. The maximum atomic E-state index is 12.6. The van der Waals surface area contributed by atoms with Crippen molar-refractivity contribution >= 4 is 26.6 Å². The molecular formula is C19H22N4O4S. The van der Waals surface area contributed by atoms with Crippen LogP contribution in [0, 0.1) is 6.92 Å². The van der Waals surface area contributed by atoms with E-state index in [1.807, 2.05) is 31.2 Å². The fourth-order valence-corrected chi connectivity index (χ4v) is 4.98. The number of anilines is 1. The Morgan fingerprint density at radius 3 is 2.64 bits per heavy atom. The van der Waals surface area contributed by atoms with E-state index < -0.39 is 10.0 Å². The number of hydrogen-bond donors (Lipinski definition) is 0. The first-order valence-corrected chi connectivity index (χ1v) is 10.7. The molecule has 4 rings (SSSR count). The Morgan fingerprint density at radius 1 is 1.18 bits per heavy atom. The molecule has 0 aliphatic carbocycles. The van der Waals surface area contributed by atoms with E-state index in [2.05, 4.69) is 15.0 Å². The summed E-state index contributed by atoms with van der Waals surface area (Å²) in [6.45, 7) is 4.01. The minimum Gasteiger partial charge on any atom is -0.494 e. The summed E-state index contributed by atoms with van der Waals surface area (Å²) in [6, 6.07) is 9.48. The molecule has 148 valence electrons. The summed E-state index contributed by atoms with van der Waals surface area (Å²) in [6.07, 6.45) is 1.38. The van der Waals surface area contributed by atoms with E-state index in [9.17, 15) is 8.42 Å². The van der Waals surface area contributed by atoms with E-state index in [4.69, 9.17) is 9.26 Å². The molecule has 9 heteroatoms. The van der Waals surface area contributed by atoms with Crippen LogP contribution in [0.5, 0.6) is 5.75 Å². The lowest BCUT2D eigenvalue weighted by molar-refractivity contribution is 0.382. The first-order valence-electron chi connectivity index (χ1n) is 9.04. The predicted molar refractivity (Wildman–Crippen MR) is 106 cm³/mol. The fourth-order valence-electron chi connectivity index (χ4n) is 3.55. The van der Waals surface area contributed by atoms with Gasteiger partial charge in [0.25, 0.3) is 0 Å². The average molecular weight is 402 g/mol. The van der Waals surface area contributed by atoms with Crippen molar-refractivity contribution in [1.29, 1.82) is 0 Å². The molecule has 1 aliphatic rings. The number of sulfonamides is 1. The fraction of sp³-hybridized carbons (Fsp3) is 0.368. The lowest BCUT2D eigenvalue weighted by Crippen LogP contribution is -2.49. The number of aromatic nitrogens is 2. The molecule has 3 heterocycles. The number of aryl methyl sites for hydroxylation is 1. The Balaban J connectivity index is 1.56. The van der Waals surface area contributed by atoms with Gasteiger partial charge in [-0.2, -0.15) is 4.31 Å². The van der Waals surface area contributed by atoms with Gasteiger partial charge in [0.2, 0.25) is 10.0 Å². The number of hydrogen-bond acceptors (Lipinski definition) is 7. The number of methoxy groups -OCH3 is 1. The lowest BCUT2D eigenvalue weighted by Gasteiger charge is -2.36. The van der Waals surface area contributed by atoms with Gasteiger partial charge >= 0.3 is 0 Å². The molecule has 8 nitrogen and oxygen atoms in total. The molecule has 0 unspecified atom stereocenters. The molecule has 0 atom stereocenters. The maximum Gasteiger partial charge on any atom is 0.220 e. The summed E-state index contributed by atoms with van der Waals surface area (Å²) >= 11 is 0. The van der Waals surface area contributed by atoms with Crippen LogP contribution in [0.4, 0.5) is 5.69 Å². The number of piperazine rings is 1. The van der Waals surface area contributed by atoms with Crippen molar-refractivity contribution in [3.8, 4) is 5.75 Å². The highest BCUT2D eigenvalue weighted by Gasteiger charge is 2.28. The lowest BCUT2D eigenvalue weighted by atomic mass is 10.1. The normalized spacial score (nSPS) is 15.9. The molecule has 0 bridgehead atoms. The smallest absolute Gasteiger partial charge is 0.220 e. The third-order valence-electron chi connectivity index (χ3n) is 4.92. The Labute approximate surface area is 163 Å². The minimum atomic E-state index is -3.42. The largest absolute Gasteiger partial charge is 0.494 e. The Hall–Kier alpha value is -2.65. The van der Waals surface area contributed by atoms with Crippen molar-refractivity contribution in [2.24, 2.45) is 0 Å². The zero-order chi connectivity index (χ0) is 19.7. The number of rotatable bonds is 5. The van der Waals surface area contributed by atoms with Crippen LogP contribution in [0.2, 0.25) is 0 Å². The molecule has 1 fully saturated rings. The highest BCUT2D eigenvalue weighted by Crippen LogP contribution is 2.32. The molecule has 1 aromatic carbocycles. The van der Waals surface area contributed by atoms with Gasteiger partial charge < -0.3 is 14.2 Å². The van der Waals surface area contributed by atoms with Crippen LogP contribution in [-0.4, -0.2) is 56.2 Å². The van der Waals surface area contributed by atoms with Crippen LogP contribution in [0.3, 0.4) is 0 Å². The summed E-state index contributed by atoms with van der Waals surface area (Å²) in [5.41, 5.74) is 3.19. The molecule has 1 aliphatic heterocycles. The molecule has 0 saturated carbocycles. The third-order valence-corrected chi connectivity index (χ3v) is 6.74. The topological polar surface area (TPSA) is 88.8 Å². The highest BCUT2D eigenvalue weighted by molar-refractivity contribution is 7.88. The number of pyridine rings is 1. The zero-order valence-corrected chi connectivity index (χ0v) is 16.6. The van der Waals surface area contributed by atoms with Gasteiger partial charge in [0.15, 0.2) is 0 Å². The Kier molecular flexibility index (Phi) is 4.94. The second-order valence-corrected chi connectivity index (χ2v) is 8.74.